The molecule has 0 radical (unpaired) electrons. The Labute approximate surface area is 114 Å². The topological polar surface area (TPSA) is 22.1 Å². The fraction of sp³-hybridized carbons (Fsp3) is 0.0625. The van der Waals surface area contributed by atoms with Gasteiger partial charge in [0, 0.05) is 17.6 Å². The van der Waals surface area contributed by atoms with E-state index in [9.17, 15) is 8.78 Å². The highest BCUT2D eigenvalue weighted by molar-refractivity contribution is 5.79. The molecular weight excluding hydrogens is 260 g/mol. The number of pyridine rings is 1. The van der Waals surface area contributed by atoms with Crippen LogP contribution in [0, 0.1) is 18.6 Å². The number of nitrogens with zero attached hydrogens (tertiary/aromatic N) is 1. The van der Waals surface area contributed by atoms with Gasteiger partial charge in [0.15, 0.2) is 17.4 Å². The van der Waals surface area contributed by atoms with Crippen molar-refractivity contribution >= 4 is 10.9 Å². The van der Waals surface area contributed by atoms with Crippen molar-refractivity contribution in [3.05, 3.63) is 65.9 Å². The first kappa shape index (κ1) is 12.5. The predicted octanol–water partition coefficient (Wildman–Crippen LogP) is 4.61. The third-order valence-corrected chi connectivity index (χ3v) is 2.94. The van der Waals surface area contributed by atoms with Gasteiger partial charge in [-0.25, -0.2) is 8.78 Å². The molecule has 3 aromatic rings. The minimum absolute atomic E-state index is 0.345. The van der Waals surface area contributed by atoms with Crippen molar-refractivity contribution in [2.75, 3.05) is 0 Å². The van der Waals surface area contributed by atoms with Crippen LogP contribution in [0.1, 0.15) is 5.56 Å². The van der Waals surface area contributed by atoms with Gasteiger partial charge in [0.1, 0.15) is 5.75 Å². The maximum atomic E-state index is 13.7. The first-order chi connectivity index (χ1) is 9.63. The SMILES string of the molecule is Cc1cc(F)c(Oc2ccc3cccnc3c2)c(F)c1. The molecule has 100 valence electrons. The summed E-state index contributed by atoms with van der Waals surface area (Å²) in [6.07, 6.45) is 1.65. The van der Waals surface area contributed by atoms with Crippen LogP contribution >= 0.6 is 0 Å². The van der Waals surface area contributed by atoms with E-state index in [0.717, 1.165) is 5.39 Å². The molecule has 0 amide bonds. The largest absolute Gasteiger partial charge is 0.451 e. The van der Waals surface area contributed by atoms with Crippen LogP contribution in [-0.2, 0) is 0 Å². The maximum absolute atomic E-state index is 13.7. The lowest BCUT2D eigenvalue weighted by molar-refractivity contribution is 0.407. The molecule has 0 atom stereocenters. The Kier molecular flexibility index (Phi) is 3.06. The van der Waals surface area contributed by atoms with Gasteiger partial charge < -0.3 is 4.74 Å². The quantitative estimate of drug-likeness (QED) is 0.678. The number of rotatable bonds is 2. The van der Waals surface area contributed by atoms with Crippen molar-refractivity contribution in [3.8, 4) is 11.5 Å². The van der Waals surface area contributed by atoms with Crippen LogP contribution < -0.4 is 4.74 Å². The molecule has 0 saturated carbocycles. The summed E-state index contributed by atoms with van der Waals surface area (Å²) in [6.45, 7) is 1.62. The number of halogens is 2. The smallest absolute Gasteiger partial charge is 0.198 e. The van der Waals surface area contributed by atoms with Gasteiger partial charge in [0.05, 0.1) is 5.52 Å². The van der Waals surface area contributed by atoms with Crippen LogP contribution in [0.5, 0.6) is 11.5 Å². The maximum Gasteiger partial charge on any atom is 0.198 e. The molecule has 3 rings (SSSR count). The van der Waals surface area contributed by atoms with Crippen molar-refractivity contribution in [3.63, 3.8) is 0 Å². The third-order valence-electron chi connectivity index (χ3n) is 2.94. The number of hydrogen-bond acceptors (Lipinski definition) is 2. The van der Waals surface area contributed by atoms with Crippen molar-refractivity contribution < 1.29 is 13.5 Å². The van der Waals surface area contributed by atoms with Gasteiger partial charge in [0.25, 0.3) is 0 Å². The minimum atomic E-state index is -0.719. The third kappa shape index (κ3) is 2.32. The molecule has 0 aliphatic carbocycles. The Morgan fingerprint density at radius 3 is 2.50 bits per heavy atom. The molecule has 0 aliphatic heterocycles. The van der Waals surface area contributed by atoms with Crippen LogP contribution in [0.15, 0.2) is 48.7 Å². The molecule has 1 aromatic heterocycles. The van der Waals surface area contributed by atoms with Gasteiger partial charge in [-0.3, -0.25) is 4.98 Å². The van der Waals surface area contributed by atoms with Gasteiger partial charge in [-0.1, -0.05) is 6.07 Å². The van der Waals surface area contributed by atoms with Gasteiger partial charge in [-0.15, -0.1) is 0 Å². The monoisotopic (exact) mass is 271 g/mol. The summed E-state index contributed by atoms with van der Waals surface area (Å²) in [5.74, 6) is -1.49. The molecule has 0 saturated heterocycles. The van der Waals surface area contributed by atoms with Crippen molar-refractivity contribution in [1.29, 1.82) is 0 Å². The standard InChI is InChI=1S/C16H11F2NO/c1-10-7-13(17)16(14(18)8-10)20-12-5-4-11-3-2-6-19-15(11)9-12/h2-9H,1H3. The van der Waals surface area contributed by atoms with Gasteiger partial charge in [-0.05, 0) is 42.8 Å². The molecule has 0 aliphatic rings. The van der Waals surface area contributed by atoms with Crippen LogP contribution in [0.25, 0.3) is 10.9 Å². The summed E-state index contributed by atoms with van der Waals surface area (Å²) in [7, 11) is 0. The van der Waals surface area contributed by atoms with E-state index in [1.807, 2.05) is 12.1 Å². The second-order valence-electron chi connectivity index (χ2n) is 4.52. The summed E-state index contributed by atoms with van der Waals surface area (Å²) >= 11 is 0. The fourth-order valence-corrected chi connectivity index (χ4v) is 2.01. The van der Waals surface area contributed by atoms with Crippen LogP contribution in [0.2, 0.25) is 0 Å². The zero-order chi connectivity index (χ0) is 14.1. The Morgan fingerprint density at radius 2 is 1.75 bits per heavy atom. The highest BCUT2D eigenvalue weighted by atomic mass is 19.1. The summed E-state index contributed by atoms with van der Waals surface area (Å²) in [5.41, 5.74) is 1.21. The lowest BCUT2D eigenvalue weighted by Crippen LogP contribution is -1.94. The average molecular weight is 271 g/mol. The Hall–Kier alpha value is -2.49. The highest BCUT2D eigenvalue weighted by Crippen LogP contribution is 2.29. The number of hydrogen-bond donors (Lipinski definition) is 0. The zero-order valence-corrected chi connectivity index (χ0v) is 10.7. The Bertz CT molecular complexity index is 763. The lowest BCUT2D eigenvalue weighted by Gasteiger charge is -2.09. The van der Waals surface area contributed by atoms with E-state index in [-0.39, 0.29) is 0 Å². The van der Waals surface area contributed by atoms with E-state index in [1.165, 1.54) is 12.1 Å². The van der Waals surface area contributed by atoms with E-state index >= 15 is 0 Å². The normalized spacial score (nSPS) is 10.8. The molecular formula is C16H11F2NO. The second kappa shape index (κ2) is 4.89. The molecule has 1 heterocycles. The zero-order valence-electron chi connectivity index (χ0n) is 10.7. The van der Waals surface area contributed by atoms with Gasteiger partial charge >= 0.3 is 0 Å². The first-order valence-corrected chi connectivity index (χ1v) is 6.12. The summed E-state index contributed by atoms with van der Waals surface area (Å²) in [4.78, 5) is 4.17. The van der Waals surface area contributed by atoms with E-state index in [1.54, 1.807) is 31.3 Å². The van der Waals surface area contributed by atoms with Crippen LogP contribution in [-0.4, -0.2) is 4.98 Å². The molecule has 0 fully saturated rings. The number of benzene rings is 2. The molecule has 20 heavy (non-hydrogen) atoms. The Morgan fingerprint density at radius 1 is 1.00 bits per heavy atom. The van der Waals surface area contributed by atoms with Gasteiger partial charge in [0.2, 0.25) is 0 Å². The van der Waals surface area contributed by atoms with E-state index in [0.29, 0.717) is 16.8 Å². The van der Waals surface area contributed by atoms with E-state index in [4.69, 9.17) is 4.74 Å². The first-order valence-electron chi connectivity index (χ1n) is 6.12. The average Bonchev–Trinajstić information content (AvgIpc) is 2.42. The summed E-state index contributed by atoms with van der Waals surface area (Å²) in [6, 6.07) is 11.3. The second-order valence-corrected chi connectivity index (χ2v) is 4.52. The van der Waals surface area contributed by atoms with Gasteiger partial charge in [-0.2, -0.15) is 0 Å². The Balaban J connectivity index is 2.01. The van der Waals surface area contributed by atoms with E-state index < -0.39 is 17.4 Å². The number of ether oxygens (including phenoxy) is 1. The molecule has 0 spiro atoms. The highest BCUT2D eigenvalue weighted by Gasteiger charge is 2.12. The fourth-order valence-electron chi connectivity index (χ4n) is 2.01. The molecule has 2 nitrogen and oxygen atoms in total. The molecule has 2 aromatic carbocycles. The van der Waals surface area contributed by atoms with Crippen LogP contribution in [0.3, 0.4) is 0 Å². The predicted molar refractivity (Wildman–Crippen MR) is 72.9 cm³/mol. The van der Waals surface area contributed by atoms with Crippen molar-refractivity contribution in [2.45, 2.75) is 6.92 Å². The lowest BCUT2D eigenvalue weighted by atomic mass is 10.2. The summed E-state index contributed by atoms with van der Waals surface area (Å²) in [5, 5.41) is 0.935. The molecule has 0 N–H and O–H groups in total. The molecule has 4 heteroatoms. The van der Waals surface area contributed by atoms with Crippen LogP contribution in [0.4, 0.5) is 8.78 Å². The summed E-state index contributed by atoms with van der Waals surface area (Å²) < 4.78 is 32.8. The molecule has 0 unspecified atom stereocenters. The number of aromatic nitrogens is 1. The number of fused-ring (bicyclic) bond motifs is 1. The molecule has 0 bridgehead atoms. The number of aryl methyl sites for hydroxylation is 1. The van der Waals surface area contributed by atoms with Crippen molar-refractivity contribution in [1.82, 2.24) is 4.98 Å². The van der Waals surface area contributed by atoms with E-state index in [2.05, 4.69) is 4.98 Å². The van der Waals surface area contributed by atoms with Crippen molar-refractivity contribution in [2.24, 2.45) is 0 Å². The minimum Gasteiger partial charge on any atom is -0.451 e.